The fourth-order valence-corrected chi connectivity index (χ4v) is 3.17. The summed E-state index contributed by atoms with van der Waals surface area (Å²) in [6, 6.07) is 16.4. The van der Waals surface area contributed by atoms with Crippen LogP contribution in [-0.2, 0) is 0 Å². The lowest BCUT2D eigenvalue weighted by Crippen LogP contribution is -2.47. The minimum absolute atomic E-state index is 0.269. The highest BCUT2D eigenvalue weighted by Gasteiger charge is 2.19. The van der Waals surface area contributed by atoms with E-state index in [0.29, 0.717) is 10.7 Å². The van der Waals surface area contributed by atoms with Gasteiger partial charge in [-0.25, -0.2) is 4.98 Å². The van der Waals surface area contributed by atoms with E-state index in [0.717, 1.165) is 37.8 Å². The second-order valence-corrected chi connectivity index (χ2v) is 6.84. The molecule has 1 fully saturated rings. The lowest BCUT2D eigenvalue weighted by molar-refractivity contribution is 0.102. The van der Waals surface area contributed by atoms with Crippen molar-refractivity contribution in [2.24, 2.45) is 0 Å². The average Bonchev–Trinajstić information content (AvgIpc) is 2.76. The summed E-state index contributed by atoms with van der Waals surface area (Å²) in [5.74, 6) is 1.45. The fourth-order valence-electron chi connectivity index (χ4n) is 3.05. The molecule has 3 heterocycles. The van der Waals surface area contributed by atoms with Crippen molar-refractivity contribution < 1.29 is 4.79 Å². The molecule has 0 atom stereocenters. The molecular formula is C20H19ClN6O. The van der Waals surface area contributed by atoms with Gasteiger partial charge in [-0.3, -0.25) is 4.79 Å². The van der Waals surface area contributed by atoms with Crippen molar-refractivity contribution in [2.75, 3.05) is 41.3 Å². The van der Waals surface area contributed by atoms with Crippen LogP contribution in [0.25, 0.3) is 0 Å². The summed E-state index contributed by atoms with van der Waals surface area (Å²) < 4.78 is 0. The monoisotopic (exact) mass is 394 g/mol. The molecule has 1 aromatic carbocycles. The van der Waals surface area contributed by atoms with Crippen molar-refractivity contribution in [2.45, 2.75) is 0 Å². The van der Waals surface area contributed by atoms with Crippen LogP contribution in [0.3, 0.4) is 0 Å². The lowest BCUT2D eigenvalue weighted by atomic mass is 10.2. The number of carbonyl (C=O) groups excluding carboxylic acids is 1. The number of aromatic nitrogens is 3. The Bertz CT molecular complexity index is 925. The van der Waals surface area contributed by atoms with Crippen LogP contribution in [0, 0.1) is 0 Å². The van der Waals surface area contributed by atoms with Crippen molar-refractivity contribution in [1.29, 1.82) is 0 Å². The first kappa shape index (κ1) is 18.2. The number of nitrogens with one attached hydrogen (secondary N) is 1. The Kier molecular flexibility index (Phi) is 5.34. The summed E-state index contributed by atoms with van der Waals surface area (Å²) in [6.07, 6.45) is 1.81. The third kappa shape index (κ3) is 4.20. The van der Waals surface area contributed by atoms with Crippen molar-refractivity contribution >= 4 is 34.8 Å². The van der Waals surface area contributed by atoms with Crippen LogP contribution in [0.2, 0.25) is 5.02 Å². The van der Waals surface area contributed by atoms with Gasteiger partial charge >= 0.3 is 0 Å². The van der Waals surface area contributed by atoms with E-state index >= 15 is 0 Å². The first-order chi connectivity index (χ1) is 13.7. The standard InChI is InChI=1S/C20H19ClN6O/c21-15-4-6-16(7-5-15)23-20(28)17-8-9-19(25-24-17)27-13-11-26(12-14-27)18-3-1-2-10-22-18/h1-10H,11-14H2,(H,23,28). The molecule has 3 aromatic rings. The van der Waals surface area contributed by atoms with Gasteiger partial charge in [-0.2, -0.15) is 0 Å². The Balaban J connectivity index is 1.36. The van der Waals surface area contributed by atoms with Crippen molar-refractivity contribution in [3.8, 4) is 0 Å². The fraction of sp³-hybridized carbons (Fsp3) is 0.200. The van der Waals surface area contributed by atoms with E-state index in [9.17, 15) is 4.79 Å². The molecule has 7 nitrogen and oxygen atoms in total. The quantitative estimate of drug-likeness (QED) is 0.733. The van der Waals surface area contributed by atoms with Gasteiger partial charge in [-0.15, -0.1) is 10.2 Å². The topological polar surface area (TPSA) is 74.2 Å². The van der Waals surface area contributed by atoms with E-state index in [1.807, 2.05) is 24.3 Å². The summed E-state index contributed by atoms with van der Waals surface area (Å²) >= 11 is 5.85. The van der Waals surface area contributed by atoms with E-state index in [-0.39, 0.29) is 11.6 Å². The molecule has 0 saturated carbocycles. The SMILES string of the molecule is O=C(Nc1ccc(Cl)cc1)c1ccc(N2CCN(c3ccccn3)CC2)nn1. The number of rotatable bonds is 4. The van der Waals surface area contributed by atoms with E-state index < -0.39 is 0 Å². The summed E-state index contributed by atoms with van der Waals surface area (Å²) in [5.41, 5.74) is 0.928. The molecule has 0 unspecified atom stereocenters. The molecule has 142 valence electrons. The highest BCUT2D eigenvalue weighted by Crippen LogP contribution is 2.18. The average molecular weight is 395 g/mol. The van der Waals surface area contributed by atoms with Gasteiger partial charge in [-0.05, 0) is 48.5 Å². The van der Waals surface area contributed by atoms with Gasteiger partial charge in [-0.1, -0.05) is 17.7 Å². The molecule has 0 radical (unpaired) electrons. The van der Waals surface area contributed by atoms with Crippen LogP contribution in [0.5, 0.6) is 0 Å². The van der Waals surface area contributed by atoms with Gasteiger partial charge in [0.2, 0.25) is 0 Å². The Morgan fingerprint density at radius 2 is 1.57 bits per heavy atom. The Morgan fingerprint density at radius 1 is 0.857 bits per heavy atom. The minimum Gasteiger partial charge on any atom is -0.353 e. The molecule has 1 aliphatic heterocycles. The van der Waals surface area contributed by atoms with Crippen LogP contribution in [0.15, 0.2) is 60.8 Å². The van der Waals surface area contributed by atoms with Crippen LogP contribution < -0.4 is 15.1 Å². The first-order valence-corrected chi connectivity index (χ1v) is 9.38. The van der Waals surface area contributed by atoms with Crippen molar-refractivity contribution in [3.05, 3.63) is 71.5 Å². The number of pyridine rings is 1. The zero-order valence-corrected chi connectivity index (χ0v) is 15.9. The smallest absolute Gasteiger partial charge is 0.276 e. The third-order valence-corrected chi connectivity index (χ3v) is 4.81. The second-order valence-electron chi connectivity index (χ2n) is 6.40. The van der Waals surface area contributed by atoms with Gasteiger partial charge in [0.05, 0.1) is 0 Å². The van der Waals surface area contributed by atoms with Crippen molar-refractivity contribution in [1.82, 2.24) is 15.2 Å². The van der Waals surface area contributed by atoms with Crippen molar-refractivity contribution in [3.63, 3.8) is 0 Å². The first-order valence-electron chi connectivity index (χ1n) is 9.00. The van der Waals surface area contributed by atoms with Gasteiger partial charge in [0, 0.05) is 43.1 Å². The third-order valence-electron chi connectivity index (χ3n) is 4.56. The lowest BCUT2D eigenvalue weighted by Gasteiger charge is -2.35. The van der Waals surface area contributed by atoms with Gasteiger partial charge < -0.3 is 15.1 Å². The molecule has 1 saturated heterocycles. The van der Waals surface area contributed by atoms with Gasteiger partial charge in [0.25, 0.3) is 5.91 Å². The number of carbonyl (C=O) groups is 1. The van der Waals surface area contributed by atoms with E-state index in [1.54, 1.807) is 36.5 Å². The largest absolute Gasteiger partial charge is 0.353 e. The normalized spacial score (nSPS) is 14.0. The molecule has 2 aromatic heterocycles. The van der Waals surface area contributed by atoms with E-state index in [4.69, 9.17) is 11.6 Å². The molecule has 1 amide bonds. The maximum atomic E-state index is 12.3. The summed E-state index contributed by atoms with van der Waals surface area (Å²) in [7, 11) is 0. The highest BCUT2D eigenvalue weighted by molar-refractivity contribution is 6.30. The predicted octanol–water partition coefficient (Wildman–Crippen LogP) is 3.10. The molecule has 8 heteroatoms. The number of anilines is 3. The van der Waals surface area contributed by atoms with Crippen LogP contribution in [0.1, 0.15) is 10.5 Å². The number of amides is 1. The highest BCUT2D eigenvalue weighted by atomic mass is 35.5. The molecule has 1 N–H and O–H groups in total. The number of hydrogen-bond donors (Lipinski definition) is 1. The molecular weight excluding hydrogens is 376 g/mol. The Morgan fingerprint density at radius 3 is 2.18 bits per heavy atom. The Labute approximate surface area is 168 Å². The van der Waals surface area contributed by atoms with Gasteiger partial charge in [0.1, 0.15) is 5.82 Å². The van der Waals surface area contributed by atoms with Crippen LogP contribution >= 0.6 is 11.6 Å². The molecule has 28 heavy (non-hydrogen) atoms. The predicted molar refractivity (Wildman–Crippen MR) is 110 cm³/mol. The molecule has 0 spiro atoms. The molecule has 1 aliphatic rings. The Hall–Kier alpha value is -3.19. The number of hydrogen-bond acceptors (Lipinski definition) is 6. The maximum absolute atomic E-state index is 12.3. The molecule has 0 bridgehead atoms. The summed E-state index contributed by atoms with van der Waals surface area (Å²) in [4.78, 5) is 21.1. The van der Waals surface area contributed by atoms with Crippen LogP contribution in [0.4, 0.5) is 17.3 Å². The summed E-state index contributed by atoms with van der Waals surface area (Å²) in [5, 5.41) is 11.7. The van der Waals surface area contributed by atoms with Crippen LogP contribution in [-0.4, -0.2) is 47.3 Å². The number of nitrogens with zero attached hydrogens (tertiary/aromatic N) is 5. The maximum Gasteiger partial charge on any atom is 0.276 e. The van der Waals surface area contributed by atoms with E-state index in [1.165, 1.54) is 0 Å². The molecule has 4 rings (SSSR count). The zero-order chi connectivity index (χ0) is 19.3. The number of piperazine rings is 1. The number of halogens is 1. The number of benzene rings is 1. The summed E-state index contributed by atoms with van der Waals surface area (Å²) in [6.45, 7) is 3.36. The zero-order valence-electron chi connectivity index (χ0n) is 15.1. The molecule has 0 aliphatic carbocycles. The van der Waals surface area contributed by atoms with E-state index in [2.05, 4.69) is 30.3 Å². The minimum atomic E-state index is -0.304. The van der Waals surface area contributed by atoms with Gasteiger partial charge in [0.15, 0.2) is 11.5 Å². The second kappa shape index (κ2) is 8.22.